The van der Waals surface area contributed by atoms with Crippen LogP contribution in [0, 0.1) is 0 Å². The van der Waals surface area contributed by atoms with Crippen LogP contribution in [-0.4, -0.2) is 39.7 Å². The number of halogens is 1. The number of pyridine rings is 1. The molecule has 0 fully saturated rings. The van der Waals surface area contributed by atoms with E-state index in [2.05, 4.69) is 30.8 Å². The second-order valence-electron chi connectivity index (χ2n) is 7.17. The van der Waals surface area contributed by atoms with E-state index >= 15 is 0 Å². The van der Waals surface area contributed by atoms with Gasteiger partial charge in [-0.25, -0.2) is 0 Å². The summed E-state index contributed by atoms with van der Waals surface area (Å²) in [5, 5.41) is 15.4. The lowest BCUT2D eigenvalue weighted by molar-refractivity contribution is 0.0947. The maximum absolute atomic E-state index is 12.8. The Balaban J connectivity index is 1.61. The number of aromatic nitrogens is 4. The van der Waals surface area contributed by atoms with E-state index in [-0.39, 0.29) is 12.5 Å². The Morgan fingerprint density at radius 3 is 3.03 bits per heavy atom. The van der Waals surface area contributed by atoms with Gasteiger partial charge < -0.3 is 25.1 Å². The number of anilines is 2. The molecule has 168 valence electrons. The van der Waals surface area contributed by atoms with Crippen molar-refractivity contribution >= 4 is 40.2 Å². The van der Waals surface area contributed by atoms with E-state index in [1.165, 1.54) is 11.3 Å². The zero-order chi connectivity index (χ0) is 22.8. The topological polar surface area (TPSA) is 114 Å². The average molecular weight is 483 g/mol. The van der Waals surface area contributed by atoms with Crippen molar-refractivity contribution in [1.82, 2.24) is 25.5 Å². The van der Waals surface area contributed by atoms with Crippen LogP contribution < -0.4 is 20.1 Å². The second kappa shape index (κ2) is 9.08. The first-order chi connectivity index (χ1) is 16.2. The summed E-state index contributed by atoms with van der Waals surface area (Å²) in [5.41, 5.74) is 5.73. The van der Waals surface area contributed by atoms with Crippen LogP contribution in [0.25, 0.3) is 11.3 Å². The first-order valence-corrected chi connectivity index (χ1v) is 11.4. The summed E-state index contributed by atoms with van der Waals surface area (Å²) in [6.07, 6.45) is 3.99. The van der Waals surface area contributed by atoms with E-state index in [0.29, 0.717) is 52.1 Å². The van der Waals surface area contributed by atoms with Gasteiger partial charge in [0.05, 0.1) is 41.0 Å². The molecule has 0 spiro atoms. The number of carbonyl (C=O) groups is 1. The Morgan fingerprint density at radius 1 is 1.30 bits per heavy atom. The Bertz CT molecular complexity index is 1310. The number of methoxy groups -OCH3 is 1. The molecular formula is C22H19ClN6O3S. The molecular weight excluding hydrogens is 464 g/mol. The van der Waals surface area contributed by atoms with Crippen LogP contribution in [0.2, 0.25) is 5.02 Å². The predicted octanol–water partition coefficient (Wildman–Crippen LogP) is 4.20. The molecule has 1 aliphatic heterocycles. The highest BCUT2D eigenvalue weighted by atomic mass is 35.5. The first kappa shape index (κ1) is 21.2. The summed E-state index contributed by atoms with van der Waals surface area (Å²) in [4.78, 5) is 20.5. The Labute approximate surface area is 198 Å². The molecule has 9 nitrogen and oxygen atoms in total. The van der Waals surface area contributed by atoms with Gasteiger partial charge in [-0.2, -0.15) is 0 Å². The molecule has 3 aromatic heterocycles. The van der Waals surface area contributed by atoms with Crippen molar-refractivity contribution in [3.8, 4) is 22.8 Å². The monoisotopic (exact) mass is 482 g/mol. The lowest BCUT2D eigenvalue weighted by atomic mass is 10.0. The Hall–Kier alpha value is -3.63. The molecule has 0 unspecified atom stereocenters. The maximum Gasteiger partial charge on any atom is 0.255 e. The molecule has 3 N–H and O–H groups in total. The third-order valence-corrected chi connectivity index (χ3v) is 6.18. The van der Waals surface area contributed by atoms with Crippen LogP contribution in [0.15, 0.2) is 42.2 Å². The third-order valence-electron chi connectivity index (χ3n) is 5.21. The van der Waals surface area contributed by atoms with E-state index in [1.807, 2.05) is 18.2 Å². The van der Waals surface area contributed by atoms with Crippen LogP contribution in [0.4, 0.5) is 11.4 Å². The Kier molecular flexibility index (Phi) is 5.84. The standard InChI is InChI=1S/C22H19ClN6O3S/c1-31-21-13(23)3-2-4-15(21)28-20-18-14(6-8-25-22(18)30)27-19(20)12-5-7-24-9-16(12)32-10-17-29-26-11-33-17/h2-5,7,9,11,27-28H,6,8,10H2,1H3,(H,25,30). The second-order valence-corrected chi connectivity index (χ2v) is 8.50. The number of hydrogen-bond acceptors (Lipinski definition) is 8. The van der Waals surface area contributed by atoms with Crippen LogP contribution in [0.5, 0.6) is 11.5 Å². The van der Waals surface area contributed by atoms with E-state index in [1.54, 1.807) is 31.1 Å². The third kappa shape index (κ3) is 4.10. The summed E-state index contributed by atoms with van der Waals surface area (Å²) in [5.74, 6) is 0.874. The van der Waals surface area contributed by atoms with Crippen molar-refractivity contribution in [1.29, 1.82) is 0 Å². The molecule has 0 bridgehead atoms. The van der Waals surface area contributed by atoms with Crippen LogP contribution in [0.3, 0.4) is 0 Å². The minimum Gasteiger partial charge on any atom is -0.493 e. The summed E-state index contributed by atoms with van der Waals surface area (Å²) in [7, 11) is 1.55. The molecule has 4 aromatic rings. The molecule has 5 rings (SSSR count). The lowest BCUT2D eigenvalue weighted by Crippen LogP contribution is -2.31. The number of ether oxygens (including phenoxy) is 2. The zero-order valence-electron chi connectivity index (χ0n) is 17.5. The van der Waals surface area contributed by atoms with Gasteiger partial charge in [-0.05, 0) is 18.2 Å². The van der Waals surface area contributed by atoms with Gasteiger partial charge in [0.15, 0.2) is 10.8 Å². The normalized spacial score (nSPS) is 12.7. The lowest BCUT2D eigenvalue weighted by Gasteiger charge is -2.17. The van der Waals surface area contributed by atoms with Gasteiger partial charge in [0.1, 0.15) is 17.9 Å². The number of nitrogens with zero attached hydrogens (tertiary/aromatic N) is 3. The molecule has 1 aliphatic rings. The van der Waals surface area contributed by atoms with Gasteiger partial charge in [0.2, 0.25) is 0 Å². The molecule has 1 aromatic carbocycles. The fourth-order valence-corrected chi connectivity index (χ4v) is 4.44. The van der Waals surface area contributed by atoms with E-state index in [0.717, 1.165) is 16.3 Å². The van der Waals surface area contributed by atoms with Gasteiger partial charge in [0, 0.05) is 30.4 Å². The molecule has 0 saturated heterocycles. The summed E-state index contributed by atoms with van der Waals surface area (Å²) in [6.45, 7) is 0.817. The van der Waals surface area contributed by atoms with Crippen molar-refractivity contribution in [2.45, 2.75) is 13.0 Å². The van der Waals surface area contributed by atoms with E-state index < -0.39 is 0 Å². The van der Waals surface area contributed by atoms with Crippen molar-refractivity contribution in [2.24, 2.45) is 0 Å². The molecule has 33 heavy (non-hydrogen) atoms. The molecule has 0 radical (unpaired) electrons. The number of benzene rings is 1. The van der Waals surface area contributed by atoms with Crippen LogP contribution >= 0.6 is 22.9 Å². The van der Waals surface area contributed by atoms with E-state index in [9.17, 15) is 4.79 Å². The first-order valence-electron chi connectivity index (χ1n) is 10.1. The predicted molar refractivity (Wildman–Crippen MR) is 126 cm³/mol. The number of aromatic amines is 1. The molecule has 11 heteroatoms. The number of nitrogens with one attached hydrogen (secondary N) is 3. The fraction of sp³-hybridized carbons (Fsp3) is 0.182. The summed E-state index contributed by atoms with van der Waals surface area (Å²) >= 11 is 7.73. The van der Waals surface area contributed by atoms with Gasteiger partial charge >= 0.3 is 0 Å². The zero-order valence-corrected chi connectivity index (χ0v) is 19.1. The van der Waals surface area contributed by atoms with Crippen LogP contribution in [-0.2, 0) is 13.0 Å². The van der Waals surface area contributed by atoms with Gasteiger partial charge in [-0.3, -0.25) is 9.78 Å². The molecule has 0 atom stereocenters. The van der Waals surface area contributed by atoms with Gasteiger partial charge in [-0.15, -0.1) is 21.5 Å². The molecule has 1 amide bonds. The van der Waals surface area contributed by atoms with Crippen molar-refractivity contribution in [3.05, 3.63) is 63.5 Å². The molecule has 0 aliphatic carbocycles. The minimum atomic E-state index is -0.160. The molecule has 4 heterocycles. The van der Waals surface area contributed by atoms with Gasteiger partial charge in [-0.1, -0.05) is 17.7 Å². The Morgan fingerprint density at radius 2 is 2.21 bits per heavy atom. The van der Waals surface area contributed by atoms with Crippen molar-refractivity contribution in [2.75, 3.05) is 19.0 Å². The number of amides is 1. The van der Waals surface area contributed by atoms with Crippen LogP contribution in [0.1, 0.15) is 21.1 Å². The maximum atomic E-state index is 12.8. The smallest absolute Gasteiger partial charge is 0.255 e. The molecule has 0 saturated carbocycles. The average Bonchev–Trinajstić information content (AvgIpc) is 3.47. The SMILES string of the molecule is COc1c(Cl)cccc1Nc1c(-c2ccncc2OCc2nncs2)[nH]c2c1C(=O)NCC2. The minimum absolute atomic E-state index is 0.160. The summed E-state index contributed by atoms with van der Waals surface area (Å²) < 4.78 is 11.5. The number of hydrogen-bond donors (Lipinski definition) is 3. The van der Waals surface area contributed by atoms with Gasteiger partial charge in [0.25, 0.3) is 5.91 Å². The number of carbonyl (C=O) groups excluding carboxylic acids is 1. The fourth-order valence-electron chi connectivity index (χ4n) is 3.76. The summed E-state index contributed by atoms with van der Waals surface area (Å²) in [6, 6.07) is 7.24. The quantitative estimate of drug-likeness (QED) is 0.361. The van der Waals surface area contributed by atoms with E-state index in [4.69, 9.17) is 21.1 Å². The number of para-hydroxylation sites is 1. The largest absolute Gasteiger partial charge is 0.493 e. The highest BCUT2D eigenvalue weighted by molar-refractivity contribution is 7.09. The number of H-pyrrole nitrogens is 1. The van der Waals surface area contributed by atoms with Crippen molar-refractivity contribution in [3.63, 3.8) is 0 Å². The van der Waals surface area contributed by atoms with Crippen molar-refractivity contribution < 1.29 is 14.3 Å². The number of rotatable bonds is 7. The highest BCUT2D eigenvalue weighted by Gasteiger charge is 2.28. The number of fused-ring (bicyclic) bond motifs is 1. The highest BCUT2D eigenvalue weighted by Crippen LogP contribution is 2.42.